The van der Waals surface area contributed by atoms with E-state index in [1.807, 2.05) is 11.3 Å². The molecule has 2 heteroatoms. The van der Waals surface area contributed by atoms with Gasteiger partial charge in [0, 0.05) is 17.5 Å². The van der Waals surface area contributed by atoms with E-state index in [9.17, 15) is 0 Å². The zero-order valence-electron chi connectivity index (χ0n) is 10.8. The van der Waals surface area contributed by atoms with Gasteiger partial charge in [-0.1, -0.05) is 24.3 Å². The highest BCUT2D eigenvalue weighted by atomic mass is 32.1. The van der Waals surface area contributed by atoms with Crippen molar-refractivity contribution in [2.24, 2.45) is 0 Å². The summed E-state index contributed by atoms with van der Waals surface area (Å²) in [5.74, 6) is 0. The third-order valence-electron chi connectivity index (χ3n) is 3.85. The smallest absolute Gasteiger partial charge is 0.0334 e. The fourth-order valence-corrected chi connectivity index (χ4v) is 3.73. The average molecular weight is 257 g/mol. The SMILES string of the molecule is Cc1ccccc1CNC1CCCc2sccc21. The fourth-order valence-electron chi connectivity index (χ4n) is 2.74. The van der Waals surface area contributed by atoms with E-state index in [-0.39, 0.29) is 0 Å². The maximum absolute atomic E-state index is 3.73. The second kappa shape index (κ2) is 5.25. The van der Waals surface area contributed by atoms with Crippen LogP contribution in [-0.4, -0.2) is 0 Å². The number of hydrogen-bond donors (Lipinski definition) is 1. The Bertz CT molecular complexity index is 529. The minimum Gasteiger partial charge on any atom is -0.306 e. The Morgan fingerprint density at radius 2 is 2.17 bits per heavy atom. The molecule has 0 spiro atoms. The summed E-state index contributed by atoms with van der Waals surface area (Å²) in [6.07, 6.45) is 3.87. The van der Waals surface area contributed by atoms with Gasteiger partial charge in [0.05, 0.1) is 0 Å². The van der Waals surface area contributed by atoms with Crippen molar-refractivity contribution < 1.29 is 0 Å². The lowest BCUT2D eigenvalue weighted by Gasteiger charge is -2.24. The first-order valence-corrected chi connectivity index (χ1v) is 7.57. The number of rotatable bonds is 3. The van der Waals surface area contributed by atoms with Gasteiger partial charge in [0.15, 0.2) is 0 Å². The minimum absolute atomic E-state index is 0.555. The molecule has 0 bridgehead atoms. The number of thiophene rings is 1. The quantitative estimate of drug-likeness (QED) is 0.868. The fraction of sp³-hybridized carbons (Fsp3) is 0.375. The molecular weight excluding hydrogens is 238 g/mol. The van der Waals surface area contributed by atoms with Gasteiger partial charge in [0.2, 0.25) is 0 Å². The minimum atomic E-state index is 0.555. The van der Waals surface area contributed by atoms with Gasteiger partial charge in [0.25, 0.3) is 0 Å². The molecule has 3 rings (SSSR count). The highest BCUT2D eigenvalue weighted by Crippen LogP contribution is 2.33. The van der Waals surface area contributed by atoms with E-state index in [0.717, 1.165) is 6.54 Å². The molecule has 1 aliphatic rings. The lowest BCUT2D eigenvalue weighted by molar-refractivity contribution is 0.462. The van der Waals surface area contributed by atoms with E-state index in [0.29, 0.717) is 6.04 Å². The van der Waals surface area contributed by atoms with Crippen LogP contribution in [0.3, 0.4) is 0 Å². The summed E-state index contributed by atoms with van der Waals surface area (Å²) in [7, 11) is 0. The Kier molecular flexibility index (Phi) is 3.48. The normalized spacial score (nSPS) is 18.6. The number of hydrogen-bond acceptors (Lipinski definition) is 2. The zero-order valence-corrected chi connectivity index (χ0v) is 11.6. The molecule has 1 aromatic heterocycles. The van der Waals surface area contributed by atoms with Crippen LogP contribution >= 0.6 is 11.3 Å². The van der Waals surface area contributed by atoms with E-state index in [1.165, 1.54) is 30.4 Å². The van der Waals surface area contributed by atoms with E-state index in [2.05, 4.69) is 48.0 Å². The van der Waals surface area contributed by atoms with Crippen LogP contribution in [-0.2, 0) is 13.0 Å². The zero-order chi connectivity index (χ0) is 12.4. The molecule has 1 nitrogen and oxygen atoms in total. The van der Waals surface area contributed by atoms with E-state index < -0.39 is 0 Å². The van der Waals surface area contributed by atoms with Crippen molar-refractivity contribution in [3.63, 3.8) is 0 Å². The Morgan fingerprint density at radius 1 is 1.28 bits per heavy atom. The summed E-state index contributed by atoms with van der Waals surface area (Å²) < 4.78 is 0. The molecule has 1 heterocycles. The van der Waals surface area contributed by atoms with Crippen LogP contribution in [0.5, 0.6) is 0 Å². The van der Waals surface area contributed by atoms with Crippen LogP contribution in [0, 0.1) is 6.92 Å². The van der Waals surface area contributed by atoms with Crippen LogP contribution in [0.2, 0.25) is 0 Å². The maximum atomic E-state index is 3.73. The highest BCUT2D eigenvalue weighted by molar-refractivity contribution is 7.10. The molecular formula is C16H19NS. The molecule has 1 aromatic carbocycles. The van der Waals surface area contributed by atoms with Gasteiger partial charge in [-0.05, 0) is 54.3 Å². The summed E-state index contributed by atoms with van der Waals surface area (Å²) >= 11 is 1.91. The first-order chi connectivity index (χ1) is 8.84. The standard InChI is InChI=1S/C16H19NS/c1-12-5-2-3-6-13(12)11-17-15-7-4-8-16-14(15)9-10-18-16/h2-3,5-6,9-10,15,17H,4,7-8,11H2,1H3. The van der Waals surface area contributed by atoms with Crippen LogP contribution in [0.25, 0.3) is 0 Å². The van der Waals surface area contributed by atoms with Crippen molar-refractivity contribution in [2.45, 2.75) is 38.8 Å². The number of nitrogens with one attached hydrogen (secondary N) is 1. The lowest BCUT2D eigenvalue weighted by atomic mass is 9.94. The van der Waals surface area contributed by atoms with Crippen LogP contribution in [0.15, 0.2) is 35.7 Å². The van der Waals surface area contributed by atoms with Crippen LogP contribution < -0.4 is 5.32 Å². The number of aryl methyl sites for hydroxylation is 2. The largest absolute Gasteiger partial charge is 0.306 e. The monoisotopic (exact) mass is 257 g/mol. The molecule has 0 amide bonds. The van der Waals surface area contributed by atoms with E-state index in [1.54, 1.807) is 10.4 Å². The van der Waals surface area contributed by atoms with Crippen molar-refractivity contribution in [3.8, 4) is 0 Å². The average Bonchev–Trinajstić information content (AvgIpc) is 2.86. The van der Waals surface area contributed by atoms with Crippen molar-refractivity contribution in [1.82, 2.24) is 5.32 Å². The summed E-state index contributed by atoms with van der Waals surface area (Å²) in [6.45, 7) is 3.17. The molecule has 0 saturated carbocycles. The number of fused-ring (bicyclic) bond motifs is 1. The second-order valence-corrected chi connectivity index (χ2v) is 6.05. The summed E-state index contributed by atoms with van der Waals surface area (Å²) in [6, 6.07) is 11.5. The third-order valence-corrected chi connectivity index (χ3v) is 4.85. The summed E-state index contributed by atoms with van der Waals surface area (Å²) in [5, 5.41) is 5.96. The van der Waals surface area contributed by atoms with Gasteiger partial charge in [-0.2, -0.15) is 0 Å². The predicted molar refractivity (Wildman–Crippen MR) is 78.0 cm³/mol. The van der Waals surface area contributed by atoms with Gasteiger partial charge in [-0.25, -0.2) is 0 Å². The van der Waals surface area contributed by atoms with Crippen molar-refractivity contribution in [1.29, 1.82) is 0 Å². The van der Waals surface area contributed by atoms with Crippen molar-refractivity contribution in [2.75, 3.05) is 0 Å². The van der Waals surface area contributed by atoms with E-state index >= 15 is 0 Å². The molecule has 2 aromatic rings. The van der Waals surface area contributed by atoms with Crippen molar-refractivity contribution >= 4 is 11.3 Å². The molecule has 0 fully saturated rings. The molecule has 0 saturated heterocycles. The second-order valence-electron chi connectivity index (χ2n) is 5.05. The lowest BCUT2D eigenvalue weighted by Crippen LogP contribution is -2.24. The molecule has 94 valence electrons. The van der Waals surface area contributed by atoms with Gasteiger partial charge in [-0.3, -0.25) is 0 Å². The summed E-state index contributed by atoms with van der Waals surface area (Å²) in [5.41, 5.74) is 4.34. The van der Waals surface area contributed by atoms with Gasteiger partial charge in [-0.15, -0.1) is 11.3 Å². The third kappa shape index (κ3) is 2.36. The van der Waals surface area contributed by atoms with Crippen LogP contribution in [0.4, 0.5) is 0 Å². The predicted octanol–water partition coefficient (Wildman–Crippen LogP) is 4.22. The van der Waals surface area contributed by atoms with Gasteiger partial charge in [0.1, 0.15) is 0 Å². The van der Waals surface area contributed by atoms with Crippen molar-refractivity contribution in [3.05, 3.63) is 57.3 Å². The molecule has 0 radical (unpaired) electrons. The van der Waals surface area contributed by atoms with Crippen LogP contribution in [0.1, 0.15) is 40.5 Å². The molecule has 0 aliphatic heterocycles. The maximum Gasteiger partial charge on any atom is 0.0334 e. The number of benzene rings is 1. The Balaban J connectivity index is 1.71. The molecule has 18 heavy (non-hydrogen) atoms. The van der Waals surface area contributed by atoms with E-state index in [4.69, 9.17) is 0 Å². The molecule has 1 unspecified atom stereocenters. The van der Waals surface area contributed by atoms with Gasteiger partial charge >= 0.3 is 0 Å². The van der Waals surface area contributed by atoms with Gasteiger partial charge < -0.3 is 5.32 Å². The molecule has 1 aliphatic carbocycles. The first kappa shape index (κ1) is 11.9. The summed E-state index contributed by atoms with van der Waals surface area (Å²) in [4.78, 5) is 1.59. The topological polar surface area (TPSA) is 12.0 Å². The first-order valence-electron chi connectivity index (χ1n) is 6.69. The Hall–Kier alpha value is -1.12. The Labute approximate surface area is 113 Å². The highest BCUT2D eigenvalue weighted by Gasteiger charge is 2.20. The molecule has 1 atom stereocenters. The Morgan fingerprint density at radius 3 is 3.06 bits per heavy atom. The molecule has 1 N–H and O–H groups in total.